The largest absolute Gasteiger partial charge is 0.478 e. The number of benzene rings is 2. The number of carbonyl (C=O) groups excluding carboxylic acids is 1. The minimum atomic E-state index is -0.913. The topological polar surface area (TPSA) is 66.4 Å². The zero-order valence-electron chi connectivity index (χ0n) is 10.9. The van der Waals surface area contributed by atoms with Crippen LogP contribution in [0.25, 0.3) is 0 Å². The molecule has 4 heteroatoms. The van der Waals surface area contributed by atoms with Gasteiger partial charge in [-0.15, -0.1) is 0 Å². The molecule has 0 aliphatic heterocycles. The van der Waals surface area contributed by atoms with Crippen LogP contribution in [0.5, 0.6) is 0 Å². The maximum absolute atomic E-state index is 10.9. The Hall–Kier alpha value is -2.62. The van der Waals surface area contributed by atoms with E-state index in [2.05, 4.69) is 5.32 Å². The van der Waals surface area contributed by atoms with Gasteiger partial charge in [-0.1, -0.05) is 24.3 Å². The van der Waals surface area contributed by atoms with Crippen LogP contribution in [-0.2, 0) is 17.6 Å². The predicted octanol–water partition coefficient (Wildman–Crippen LogP) is 2.74. The molecule has 102 valence electrons. The summed E-state index contributed by atoms with van der Waals surface area (Å²) in [6.45, 7) is 0. The third-order valence-corrected chi connectivity index (χ3v) is 3.03. The van der Waals surface area contributed by atoms with E-state index in [1.165, 1.54) is 0 Å². The van der Waals surface area contributed by atoms with Gasteiger partial charge < -0.3 is 10.4 Å². The molecule has 4 nitrogen and oxygen atoms in total. The van der Waals surface area contributed by atoms with Crippen LogP contribution < -0.4 is 5.32 Å². The highest BCUT2D eigenvalue weighted by atomic mass is 16.4. The van der Waals surface area contributed by atoms with Crippen LogP contribution in [0.3, 0.4) is 0 Å². The van der Waals surface area contributed by atoms with E-state index in [1.807, 2.05) is 30.3 Å². The number of hydrogen-bond donors (Lipinski definition) is 2. The van der Waals surface area contributed by atoms with Crippen LogP contribution in [0.15, 0.2) is 48.5 Å². The summed E-state index contributed by atoms with van der Waals surface area (Å²) in [6.07, 6.45) is 2.19. The summed E-state index contributed by atoms with van der Waals surface area (Å²) in [7, 11) is 0. The SMILES string of the molecule is O=CNc1cccc(CCc2cccc(C(=O)O)c2)c1. The molecule has 1 amide bonds. The van der Waals surface area contributed by atoms with Crippen molar-refractivity contribution in [3.8, 4) is 0 Å². The van der Waals surface area contributed by atoms with Gasteiger partial charge in [0.15, 0.2) is 0 Å². The van der Waals surface area contributed by atoms with Crippen LogP contribution in [0.4, 0.5) is 5.69 Å². The quantitative estimate of drug-likeness (QED) is 0.792. The zero-order chi connectivity index (χ0) is 14.4. The van der Waals surface area contributed by atoms with E-state index in [4.69, 9.17) is 5.11 Å². The van der Waals surface area contributed by atoms with Crippen molar-refractivity contribution in [2.75, 3.05) is 5.32 Å². The second-order valence-corrected chi connectivity index (χ2v) is 4.47. The summed E-state index contributed by atoms with van der Waals surface area (Å²) in [5.74, 6) is -0.913. The summed E-state index contributed by atoms with van der Waals surface area (Å²) in [6, 6.07) is 14.5. The standard InChI is InChI=1S/C16H15NO3/c18-11-17-15-6-2-4-13(10-15)8-7-12-3-1-5-14(9-12)16(19)20/h1-6,9-11H,7-8H2,(H,17,18)(H,19,20). The summed E-state index contributed by atoms with van der Waals surface area (Å²) >= 11 is 0. The van der Waals surface area contributed by atoms with Gasteiger partial charge in [0.25, 0.3) is 0 Å². The lowest BCUT2D eigenvalue weighted by Crippen LogP contribution is -1.99. The lowest BCUT2D eigenvalue weighted by Gasteiger charge is -2.05. The van der Waals surface area contributed by atoms with Crippen molar-refractivity contribution in [1.29, 1.82) is 0 Å². The number of hydrogen-bond acceptors (Lipinski definition) is 2. The molecule has 0 fully saturated rings. The molecule has 0 heterocycles. The molecule has 0 saturated carbocycles. The highest BCUT2D eigenvalue weighted by Gasteiger charge is 2.03. The molecule has 0 atom stereocenters. The maximum Gasteiger partial charge on any atom is 0.335 e. The highest BCUT2D eigenvalue weighted by Crippen LogP contribution is 2.13. The number of carboxylic acid groups (broad SMARTS) is 1. The number of aryl methyl sites for hydroxylation is 2. The second kappa shape index (κ2) is 6.52. The minimum Gasteiger partial charge on any atom is -0.478 e. The number of amides is 1. The van der Waals surface area contributed by atoms with Crippen LogP contribution in [0, 0.1) is 0 Å². The fraction of sp³-hybridized carbons (Fsp3) is 0.125. The smallest absolute Gasteiger partial charge is 0.335 e. The highest BCUT2D eigenvalue weighted by molar-refractivity contribution is 5.87. The van der Waals surface area contributed by atoms with Crippen molar-refractivity contribution in [3.05, 3.63) is 65.2 Å². The Morgan fingerprint density at radius 2 is 1.70 bits per heavy atom. The fourth-order valence-electron chi connectivity index (χ4n) is 2.03. The normalized spacial score (nSPS) is 10.0. The van der Waals surface area contributed by atoms with Crippen LogP contribution in [-0.4, -0.2) is 17.5 Å². The van der Waals surface area contributed by atoms with E-state index in [-0.39, 0.29) is 0 Å². The van der Waals surface area contributed by atoms with Crippen molar-refractivity contribution < 1.29 is 14.7 Å². The Labute approximate surface area is 117 Å². The van der Waals surface area contributed by atoms with E-state index in [0.717, 1.165) is 29.7 Å². The van der Waals surface area contributed by atoms with Crippen molar-refractivity contribution >= 4 is 18.1 Å². The van der Waals surface area contributed by atoms with Gasteiger partial charge >= 0.3 is 5.97 Å². The van der Waals surface area contributed by atoms with Gasteiger partial charge in [0.2, 0.25) is 6.41 Å². The first-order chi connectivity index (χ1) is 9.69. The summed E-state index contributed by atoms with van der Waals surface area (Å²) in [5.41, 5.74) is 3.15. The monoisotopic (exact) mass is 269 g/mol. The van der Waals surface area contributed by atoms with Crippen molar-refractivity contribution in [1.82, 2.24) is 0 Å². The van der Waals surface area contributed by atoms with E-state index >= 15 is 0 Å². The number of carboxylic acids is 1. The molecule has 2 rings (SSSR count). The lowest BCUT2D eigenvalue weighted by atomic mass is 10.0. The van der Waals surface area contributed by atoms with E-state index in [1.54, 1.807) is 18.2 Å². The molecule has 0 unspecified atom stereocenters. The second-order valence-electron chi connectivity index (χ2n) is 4.47. The van der Waals surface area contributed by atoms with Gasteiger partial charge in [-0.2, -0.15) is 0 Å². The number of anilines is 1. The van der Waals surface area contributed by atoms with Gasteiger partial charge in [-0.25, -0.2) is 4.79 Å². The average Bonchev–Trinajstić information content (AvgIpc) is 2.46. The number of nitrogens with one attached hydrogen (secondary N) is 1. The molecule has 0 spiro atoms. The molecule has 0 bridgehead atoms. The van der Waals surface area contributed by atoms with E-state index in [9.17, 15) is 9.59 Å². The Morgan fingerprint density at radius 3 is 2.35 bits per heavy atom. The van der Waals surface area contributed by atoms with Gasteiger partial charge in [-0.05, 0) is 48.2 Å². The third kappa shape index (κ3) is 3.68. The predicted molar refractivity (Wildman–Crippen MR) is 76.9 cm³/mol. The third-order valence-electron chi connectivity index (χ3n) is 3.03. The van der Waals surface area contributed by atoms with Crippen molar-refractivity contribution in [2.45, 2.75) is 12.8 Å². The number of rotatable bonds is 6. The van der Waals surface area contributed by atoms with E-state index < -0.39 is 5.97 Å². The van der Waals surface area contributed by atoms with Crippen LogP contribution >= 0.6 is 0 Å². The average molecular weight is 269 g/mol. The van der Waals surface area contributed by atoms with E-state index in [0.29, 0.717) is 12.0 Å². The molecule has 0 aromatic heterocycles. The molecule has 2 N–H and O–H groups in total. The molecule has 0 radical (unpaired) electrons. The van der Waals surface area contributed by atoms with Crippen molar-refractivity contribution in [2.24, 2.45) is 0 Å². The van der Waals surface area contributed by atoms with Gasteiger partial charge in [0.05, 0.1) is 5.56 Å². The first-order valence-corrected chi connectivity index (χ1v) is 6.30. The molecule has 20 heavy (non-hydrogen) atoms. The van der Waals surface area contributed by atoms with Gasteiger partial charge in [-0.3, -0.25) is 4.79 Å². The summed E-state index contributed by atoms with van der Waals surface area (Å²) < 4.78 is 0. The number of aromatic carboxylic acids is 1. The molecular formula is C16H15NO3. The zero-order valence-corrected chi connectivity index (χ0v) is 10.9. The summed E-state index contributed by atoms with van der Waals surface area (Å²) in [4.78, 5) is 21.3. The fourth-order valence-corrected chi connectivity index (χ4v) is 2.03. The summed E-state index contributed by atoms with van der Waals surface area (Å²) in [5, 5.41) is 11.6. The van der Waals surface area contributed by atoms with Crippen LogP contribution in [0.2, 0.25) is 0 Å². The first-order valence-electron chi connectivity index (χ1n) is 6.30. The lowest BCUT2D eigenvalue weighted by molar-refractivity contribution is -0.105. The Bertz CT molecular complexity index is 623. The van der Waals surface area contributed by atoms with Gasteiger partial charge in [0, 0.05) is 5.69 Å². The van der Waals surface area contributed by atoms with Crippen LogP contribution in [0.1, 0.15) is 21.5 Å². The molecule has 0 aliphatic rings. The molecular weight excluding hydrogens is 254 g/mol. The molecule has 2 aromatic carbocycles. The Kier molecular flexibility index (Phi) is 4.50. The molecule has 2 aromatic rings. The first kappa shape index (κ1) is 13.8. The van der Waals surface area contributed by atoms with Gasteiger partial charge in [0.1, 0.15) is 0 Å². The maximum atomic E-state index is 10.9. The Balaban J connectivity index is 2.04. The minimum absolute atomic E-state index is 0.305. The molecule has 0 saturated heterocycles. The Morgan fingerprint density at radius 1 is 1.05 bits per heavy atom. The number of carbonyl (C=O) groups is 2. The van der Waals surface area contributed by atoms with Crippen molar-refractivity contribution in [3.63, 3.8) is 0 Å². The molecule has 0 aliphatic carbocycles.